The second-order valence-electron chi connectivity index (χ2n) is 15.0. The molecule has 1 aromatic carbocycles. The fraction of sp³-hybridized carbons (Fsp3) is 0.526. The lowest BCUT2D eigenvalue weighted by Crippen LogP contribution is -2.48. The van der Waals surface area contributed by atoms with Gasteiger partial charge in [-0.1, -0.05) is 45.0 Å². The highest BCUT2D eigenvalue weighted by Gasteiger charge is 2.33. The molecule has 2 aliphatic heterocycles. The maximum absolute atomic E-state index is 13.9. The number of hydrogen-bond acceptors (Lipinski definition) is 7. The highest BCUT2D eigenvalue weighted by atomic mass is 16.3. The number of piperidine rings is 1. The molecule has 8 nitrogen and oxygen atoms in total. The van der Waals surface area contributed by atoms with Gasteiger partial charge in [0.1, 0.15) is 0 Å². The molecule has 3 aromatic rings. The van der Waals surface area contributed by atoms with Crippen molar-refractivity contribution in [1.29, 1.82) is 0 Å². The van der Waals surface area contributed by atoms with Gasteiger partial charge in [-0.25, -0.2) is 4.99 Å². The fourth-order valence-corrected chi connectivity index (χ4v) is 7.34. The van der Waals surface area contributed by atoms with Crippen LogP contribution < -0.4 is 11.3 Å². The van der Waals surface area contributed by atoms with Crippen molar-refractivity contribution in [1.82, 2.24) is 14.9 Å². The van der Waals surface area contributed by atoms with Crippen molar-refractivity contribution in [2.75, 3.05) is 26.2 Å². The number of aryl methyl sites for hydroxylation is 2. The Labute approximate surface area is 272 Å². The second-order valence-corrected chi connectivity index (χ2v) is 15.0. The Bertz CT molecular complexity index is 1680. The standard InChI is InChI=1S/C38H49N5O3/c1-24-17-29(22-40-36(24)45)26-7-5-25(6-8-26)27(11-14-43-15-12-38(46,23-39)13-16-43)20-35(44)34-21-33-32(42-34)19-28-18-30(37(2,3)4)9-10-31(28)41-33/h5-8,17,19,22,27,30,46H,9-16,18,20-21,23,39H2,1-4H3,(H,40,45)/t27-,30-/m0/s1. The summed E-state index contributed by atoms with van der Waals surface area (Å²) >= 11 is 0. The predicted octanol–water partition coefficient (Wildman–Crippen LogP) is 5.44. The average Bonchev–Trinajstić information content (AvgIpc) is 3.46. The topological polar surface area (TPSA) is 125 Å². The lowest BCUT2D eigenvalue weighted by molar-refractivity contribution is -0.113. The molecule has 3 aliphatic rings. The molecular formula is C38H49N5O3. The number of carbonyl (C=O) groups excluding carboxylic acids is 1. The number of fused-ring (bicyclic) bond motifs is 2. The number of nitrogens with one attached hydrogen (secondary N) is 1. The van der Waals surface area contributed by atoms with Crippen LogP contribution in [-0.4, -0.2) is 63.2 Å². The summed E-state index contributed by atoms with van der Waals surface area (Å²) in [5.41, 5.74) is 13.9. The van der Waals surface area contributed by atoms with Crippen LogP contribution in [0.1, 0.15) is 86.9 Å². The van der Waals surface area contributed by atoms with Crippen molar-refractivity contribution < 1.29 is 9.90 Å². The van der Waals surface area contributed by atoms with Gasteiger partial charge in [0.2, 0.25) is 0 Å². The van der Waals surface area contributed by atoms with Crippen molar-refractivity contribution in [3.05, 3.63) is 81.0 Å². The Morgan fingerprint density at radius 2 is 1.87 bits per heavy atom. The molecule has 2 atom stereocenters. The summed E-state index contributed by atoms with van der Waals surface area (Å²) in [5.74, 6) is 0.732. The lowest BCUT2D eigenvalue weighted by atomic mass is 9.71. The number of aliphatic imine (C=N–C) groups is 1. The minimum absolute atomic E-state index is 0.0225. The Morgan fingerprint density at radius 3 is 2.54 bits per heavy atom. The molecule has 1 aliphatic carbocycles. The number of Topliss-reactive ketones (excluding diaryl/α,β-unsaturated/α-hetero) is 1. The first-order chi connectivity index (χ1) is 21.9. The van der Waals surface area contributed by atoms with E-state index in [1.807, 2.05) is 13.0 Å². The van der Waals surface area contributed by atoms with Crippen LogP contribution in [0.15, 0.2) is 52.4 Å². The summed E-state index contributed by atoms with van der Waals surface area (Å²) in [7, 11) is 0. The molecule has 0 unspecified atom stereocenters. The van der Waals surface area contributed by atoms with E-state index >= 15 is 0 Å². The predicted molar refractivity (Wildman–Crippen MR) is 184 cm³/mol. The van der Waals surface area contributed by atoms with E-state index in [1.165, 1.54) is 11.3 Å². The normalized spacial score (nSPS) is 20.1. The maximum atomic E-state index is 13.9. The number of carbonyl (C=O) groups is 1. The number of likely N-dealkylation sites (tertiary alicyclic amines) is 1. The molecule has 46 heavy (non-hydrogen) atoms. The van der Waals surface area contributed by atoms with Crippen molar-refractivity contribution >= 4 is 17.2 Å². The van der Waals surface area contributed by atoms with Crippen molar-refractivity contribution in [2.24, 2.45) is 22.1 Å². The maximum Gasteiger partial charge on any atom is 0.250 e. The summed E-state index contributed by atoms with van der Waals surface area (Å²) in [6, 6.07) is 12.5. The number of H-pyrrole nitrogens is 1. The first-order valence-corrected chi connectivity index (χ1v) is 17.0. The number of aromatic amines is 1. The van der Waals surface area contributed by atoms with Gasteiger partial charge in [-0.15, -0.1) is 0 Å². The van der Waals surface area contributed by atoms with Crippen LogP contribution in [0.3, 0.4) is 0 Å². The van der Waals surface area contributed by atoms with Gasteiger partial charge in [0.05, 0.1) is 22.7 Å². The Kier molecular flexibility index (Phi) is 9.16. The molecule has 0 radical (unpaired) electrons. The number of rotatable bonds is 9. The summed E-state index contributed by atoms with van der Waals surface area (Å²) in [5, 5.41) is 10.6. The first kappa shape index (κ1) is 32.5. The van der Waals surface area contributed by atoms with Gasteiger partial charge in [-0.3, -0.25) is 14.6 Å². The molecule has 244 valence electrons. The third-order valence-corrected chi connectivity index (χ3v) is 10.8. The minimum Gasteiger partial charge on any atom is -0.388 e. The molecule has 8 heteroatoms. The van der Waals surface area contributed by atoms with Gasteiger partial charge in [-0.05, 0) is 104 Å². The van der Waals surface area contributed by atoms with Gasteiger partial charge in [-0.2, -0.15) is 0 Å². The average molecular weight is 624 g/mol. The Balaban J connectivity index is 1.19. The summed E-state index contributed by atoms with van der Waals surface area (Å²) in [4.78, 5) is 40.8. The number of benzene rings is 1. The molecule has 2 aromatic heterocycles. The number of nitrogens with zero attached hydrogens (tertiary/aromatic N) is 3. The van der Waals surface area contributed by atoms with E-state index < -0.39 is 5.60 Å². The molecular weight excluding hydrogens is 574 g/mol. The van der Waals surface area contributed by atoms with Gasteiger partial charge in [0.25, 0.3) is 5.56 Å². The zero-order valence-electron chi connectivity index (χ0n) is 27.9. The molecule has 1 fully saturated rings. The van der Waals surface area contributed by atoms with Crippen molar-refractivity contribution in [2.45, 2.75) is 90.6 Å². The van der Waals surface area contributed by atoms with Crippen LogP contribution in [0, 0.1) is 18.3 Å². The van der Waals surface area contributed by atoms with E-state index in [0.29, 0.717) is 49.4 Å². The quantitative estimate of drug-likeness (QED) is 0.292. The van der Waals surface area contributed by atoms with Gasteiger partial charge < -0.3 is 20.7 Å². The molecule has 0 bridgehead atoms. The number of ketones is 1. The van der Waals surface area contributed by atoms with E-state index in [-0.39, 0.29) is 22.7 Å². The molecule has 0 saturated carbocycles. The third-order valence-electron chi connectivity index (χ3n) is 10.8. The first-order valence-electron chi connectivity index (χ1n) is 17.0. The lowest BCUT2D eigenvalue weighted by Gasteiger charge is -2.37. The van der Waals surface area contributed by atoms with Gasteiger partial charge in [0.15, 0.2) is 5.78 Å². The van der Waals surface area contributed by atoms with Crippen LogP contribution in [-0.2, 0) is 24.1 Å². The summed E-state index contributed by atoms with van der Waals surface area (Å²) in [6.45, 7) is 11.5. The van der Waals surface area contributed by atoms with Crippen LogP contribution in [0.5, 0.6) is 0 Å². The van der Waals surface area contributed by atoms with E-state index in [2.05, 4.69) is 61.0 Å². The second kappa shape index (κ2) is 13.0. The van der Waals surface area contributed by atoms with E-state index in [1.54, 1.807) is 6.20 Å². The van der Waals surface area contributed by atoms with Gasteiger partial charge in [0, 0.05) is 49.9 Å². The Morgan fingerprint density at radius 1 is 1.13 bits per heavy atom. The molecule has 1 saturated heterocycles. The Hall–Kier alpha value is -3.46. The number of hydrogen-bond donors (Lipinski definition) is 3. The van der Waals surface area contributed by atoms with Crippen molar-refractivity contribution in [3.8, 4) is 11.1 Å². The number of pyridine rings is 2. The highest BCUT2D eigenvalue weighted by Crippen LogP contribution is 2.39. The van der Waals surface area contributed by atoms with Crippen LogP contribution in [0.25, 0.3) is 11.1 Å². The molecule has 6 rings (SSSR count). The number of aliphatic hydroxyl groups is 1. The van der Waals surface area contributed by atoms with Crippen LogP contribution in [0.2, 0.25) is 0 Å². The number of aromatic nitrogens is 2. The zero-order chi connectivity index (χ0) is 32.6. The highest BCUT2D eigenvalue weighted by molar-refractivity contribution is 6.41. The van der Waals surface area contributed by atoms with Crippen LogP contribution in [0.4, 0.5) is 5.69 Å². The van der Waals surface area contributed by atoms with Crippen molar-refractivity contribution in [3.63, 3.8) is 0 Å². The molecule has 4 N–H and O–H groups in total. The monoisotopic (exact) mass is 623 g/mol. The number of nitrogens with two attached hydrogens (primary N) is 1. The third kappa shape index (κ3) is 7.09. The summed E-state index contributed by atoms with van der Waals surface area (Å²) in [6.07, 6.45) is 7.96. The fourth-order valence-electron chi connectivity index (χ4n) is 7.34. The molecule has 4 heterocycles. The molecule has 0 amide bonds. The van der Waals surface area contributed by atoms with E-state index in [0.717, 1.165) is 73.4 Å². The van der Waals surface area contributed by atoms with E-state index in [9.17, 15) is 14.7 Å². The summed E-state index contributed by atoms with van der Waals surface area (Å²) < 4.78 is 0. The van der Waals surface area contributed by atoms with Crippen LogP contribution >= 0.6 is 0 Å². The smallest absolute Gasteiger partial charge is 0.250 e. The van der Waals surface area contributed by atoms with E-state index in [4.69, 9.17) is 15.7 Å². The zero-order valence-corrected chi connectivity index (χ0v) is 27.9. The largest absolute Gasteiger partial charge is 0.388 e. The molecule has 0 spiro atoms. The minimum atomic E-state index is -0.766. The SMILES string of the molecule is Cc1cc(-c2ccc([C@@H](CCN3CCC(O)(CN)CC3)CC(=O)C3=Nc4cc5c(nc4C3)CC[C@H](C(C)(C)C)C5)cc2)c[nH]c1=O. The van der Waals surface area contributed by atoms with Gasteiger partial charge >= 0.3 is 0 Å².